The Bertz CT molecular complexity index is 1610. The molecule has 3 heterocycles. The summed E-state index contributed by atoms with van der Waals surface area (Å²) in [7, 11) is 0. The summed E-state index contributed by atoms with van der Waals surface area (Å²) in [4.78, 5) is 39.5. The topological polar surface area (TPSA) is 123 Å². The first-order chi connectivity index (χ1) is 20.9. The van der Waals surface area contributed by atoms with Gasteiger partial charge in [0.2, 0.25) is 11.8 Å². The molecule has 3 aliphatic rings. The molecule has 0 unspecified atom stereocenters. The molecule has 1 aliphatic carbocycles. The summed E-state index contributed by atoms with van der Waals surface area (Å²) in [5.74, 6) is -0.675. The number of anilines is 1. The maximum Gasteiger partial charge on any atom is 0.271 e. The summed E-state index contributed by atoms with van der Waals surface area (Å²) >= 11 is 0. The predicted molar refractivity (Wildman–Crippen MR) is 161 cm³/mol. The quantitative estimate of drug-likeness (QED) is 0.128. The lowest BCUT2D eigenvalue weighted by molar-refractivity contribution is -0.384. The second kappa shape index (κ2) is 12.1. The van der Waals surface area contributed by atoms with Crippen LogP contribution in [0.15, 0.2) is 82.3 Å². The van der Waals surface area contributed by atoms with Crippen LogP contribution in [0.2, 0.25) is 0 Å². The molecule has 43 heavy (non-hydrogen) atoms. The lowest BCUT2D eigenvalue weighted by Crippen LogP contribution is -2.34. The van der Waals surface area contributed by atoms with Crippen molar-refractivity contribution in [3.05, 3.63) is 105 Å². The molecule has 0 bridgehead atoms. The van der Waals surface area contributed by atoms with Crippen LogP contribution in [-0.4, -0.2) is 34.6 Å². The third kappa shape index (κ3) is 5.46. The lowest BCUT2D eigenvalue weighted by atomic mass is 9.68. The standard InChI is InChI=1S/C34H34N2O7/c1-2-7-23-17-28-32(34(39)35(33(28)38)24-10-6-11-25(18-24)36(40)41)29-20-42-30(31(23)29)15-12-22(21-8-4-3-5-9-21)16-26-13-14-27(19-37)43-26/h3-6,8-11,13-14,16,18,28-30,32,37H,2,7,12,15,17,19-20H2,1H3/b22-16-/t28-,29+,30-,32-/m1/s1. The Balaban J connectivity index is 1.27. The average molecular weight is 583 g/mol. The van der Waals surface area contributed by atoms with Crippen molar-refractivity contribution in [3.63, 3.8) is 0 Å². The number of aliphatic hydroxyl groups is 1. The number of nitro benzene ring substituents is 1. The van der Waals surface area contributed by atoms with E-state index in [1.807, 2.05) is 30.3 Å². The van der Waals surface area contributed by atoms with Crippen LogP contribution in [0.1, 0.15) is 56.1 Å². The number of imide groups is 1. The zero-order valence-corrected chi connectivity index (χ0v) is 24.0. The number of rotatable bonds is 10. The summed E-state index contributed by atoms with van der Waals surface area (Å²) in [5, 5.41) is 20.8. The van der Waals surface area contributed by atoms with Crippen molar-refractivity contribution in [1.29, 1.82) is 0 Å². The number of fused-ring (bicyclic) bond motifs is 3. The summed E-state index contributed by atoms with van der Waals surface area (Å²) in [6.45, 7) is 2.30. The molecule has 4 atom stereocenters. The number of amides is 2. The Hall–Kier alpha value is -4.34. The van der Waals surface area contributed by atoms with Crippen molar-refractivity contribution in [2.45, 2.75) is 51.7 Å². The number of non-ortho nitro benzene ring substituents is 1. The molecule has 9 heteroatoms. The van der Waals surface area contributed by atoms with E-state index < -0.39 is 16.8 Å². The third-order valence-corrected chi connectivity index (χ3v) is 8.83. The minimum absolute atomic E-state index is 0.160. The Morgan fingerprint density at radius 3 is 2.60 bits per heavy atom. The highest BCUT2D eigenvalue weighted by atomic mass is 16.6. The van der Waals surface area contributed by atoms with Gasteiger partial charge >= 0.3 is 0 Å². The molecule has 0 spiro atoms. The highest BCUT2D eigenvalue weighted by molar-refractivity contribution is 6.22. The molecular formula is C34H34N2O7. The van der Waals surface area contributed by atoms with Gasteiger partial charge in [0.1, 0.15) is 18.1 Å². The van der Waals surface area contributed by atoms with E-state index in [2.05, 4.69) is 19.1 Å². The fourth-order valence-electron chi connectivity index (χ4n) is 6.98. The highest BCUT2D eigenvalue weighted by Gasteiger charge is 2.57. The summed E-state index contributed by atoms with van der Waals surface area (Å²) in [6.07, 6.45) is 5.44. The van der Waals surface area contributed by atoms with E-state index in [-0.39, 0.29) is 41.8 Å². The molecule has 9 nitrogen and oxygen atoms in total. The smallest absolute Gasteiger partial charge is 0.271 e. The average Bonchev–Trinajstić information content (AvgIpc) is 3.72. The molecule has 2 fully saturated rings. The van der Waals surface area contributed by atoms with Gasteiger partial charge in [0.25, 0.3) is 5.69 Å². The molecule has 1 aromatic heterocycles. The largest absolute Gasteiger partial charge is 0.459 e. The number of carbonyl (C=O) groups is 2. The number of ether oxygens (including phenoxy) is 1. The fraction of sp³-hybridized carbons (Fsp3) is 0.353. The lowest BCUT2D eigenvalue weighted by Gasteiger charge is -2.32. The summed E-state index contributed by atoms with van der Waals surface area (Å²) in [6, 6.07) is 19.4. The molecule has 222 valence electrons. The molecule has 2 aromatic carbocycles. The van der Waals surface area contributed by atoms with E-state index in [0.717, 1.165) is 34.5 Å². The number of benzene rings is 2. The minimum Gasteiger partial charge on any atom is -0.459 e. The molecular weight excluding hydrogens is 548 g/mol. The number of carbonyl (C=O) groups excluding carboxylic acids is 2. The fourth-order valence-corrected chi connectivity index (χ4v) is 6.98. The van der Waals surface area contributed by atoms with Gasteiger partial charge in [0, 0.05) is 18.1 Å². The second-order valence-corrected chi connectivity index (χ2v) is 11.4. The van der Waals surface area contributed by atoms with Gasteiger partial charge in [-0.2, -0.15) is 0 Å². The van der Waals surface area contributed by atoms with Crippen LogP contribution < -0.4 is 4.90 Å². The summed E-state index contributed by atoms with van der Waals surface area (Å²) < 4.78 is 12.2. The normalized spacial score (nSPS) is 23.6. The van der Waals surface area contributed by atoms with Crippen molar-refractivity contribution in [3.8, 4) is 0 Å². The molecule has 2 amide bonds. The number of furan rings is 1. The Kier molecular flexibility index (Phi) is 8.10. The first-order valence-electron chi connectivity index (χ1n) is 14.8. The molecule has 1 N–H and O–H groups in total. The van der Waals surface area contributed by atoms with Crippen LogP contribution >= 0.6 is 0 Å². The van der Waals surface area contributed by atoms with E-state index in [1.54, 1.807) is 12.1 Å². The SMILES string of the molecule is CCCC1=C2[C@@H](CC/C(=C/c3ccc(CO)o3)c3ccccc3)OC[C@@H]2[C@@H]2C(=O)N(c3cccc([N+](=O)[O-])c3)C(=O)[C@@H]2C1. The second-order valence-electron chi connectivity index (χ2n) is 11.4. The molecule has 2 saturated heterocycles. The van der Waals surface area contributed by atoms with Crippen LogP contribution in [-0.2, 0) is 20.9 Å². The van der Waals surface area contributed by atoms with Crippen molar-refractivity contribution in [1.82, 2.24) is 0 Å². The van der Waals surface area contributed by atoms with Gasteiger partial charge < -0.3 is 14.3 Å². The molecule has 2 aliphatic heterocycles. The first-order valence-corrected chi connectivity index (χ1v) is 14.8. The van der Waals surface area contributed by atoms with Crippen molar-refractivity contribution >= 4 is 34.8 Å². The van der Waals surface area contributed by atoms with Crippen LogP contribution in [0.3, 0.4) is 0 Å². The number of allylic oxidation sites excluding steroid dienone is 2. The molecule has 0 radical (unpaired) electrons. The third-order valence-electron chi connectivity index (χ3n) is 8.83. The number of nitro groups is 1. The number of aliphatic hydroxyl groups excluding tert-OH is 1. The van der Waals surface area contributed by atoms with E-state index in [4.69, 9.17) is 9.15 Å². The van der Waals surface area contributed by atoms with Gasteiger partial charge in [-0.15, -0.1) is 0 Å². The Morgan fingerprint density at radius 1 is 1.07 bits per heavy atom. The number of nitrogens with zero attached hydrogens (tertiary/aromatic N) is 2. The molecule has 3 aromatic rings. The van der Waals surface area contributed by atoms with Crippen molar-refractivity contribution < 1.29 is 28.8 Å². The van der Waals surface area contributed by atoms with Crippen molar-refractivity contribution in [2.24, 2.45) is 17.8 Å². The summed E-state index contributed by atoms with van der Waals surface area (Å²) in [5.41, 5.74) is 4.57. The zero-order chi connectivity index (χ0) is 30.1. The van der Waals surface area contributed by atoms with Gasteiger partial charge in [-0.05, 0) is 66.7 Å². The van der Waals surface area contributed by atoms with E-state index in [9.17, 15) is 24.8 Å². The van der Waals surface area contributed by atoms with Crippen LogP contribution in [0.25, 0.3) is 11.6 Å². The number of hydrogen-bond acceptors (Lipinski definition) is 7. The minimum atomic E-state index is -0.545. The molecule has 0 saturated carbocycles. The van der Waals surface area contributed by atoms with Gasteiger partial charge in [0.15, 0.2) is 0 Å². The van der Waals surface area contributed by atoms with Gasteiger partial charge in [-0.25, -0.2) is 4.90 Å². The monoisotopic (exact) mass is 582 g/mol. The van der Waals surface area contributed by atoms with Crippen LogP contribution in [0.5, 0.6) is 0 Å². The van der Waals surface area contributed by atoms with Crippen LogP contribution in [0.4, 0.5) is 11.4 Å². The Morgan fingerprint density at radius 2 is 1.88 bits per heavy atom. The van der Waals surface area contributed by atoms with Gasteiger partial charge in [-0.1, -0.05) is 55.3 Å². The molecule has 6 rings (SSSR count). The highest BCUT2D eigenvalue weighted by Crippen LogP contribution is 2.51. The predicted octanol–water partition coefficient (Wildman–Crippen LogP) is 6.32. The number of hydrogen-bond donors (Lipinski definition) is 1. The van der Waals surface area contributed by atoms with E-state index in [1.165, 1.54) is 23.8 Å². The first kappa shape index (κ1) is 28.8. The van der Waals surface area contributed by atoms with Gasteiger partial charge in [-0.3, -0.25) is 19.7 Å². The maximum atomic E-state index is 13.8. The van der Waals surface area contributed by atoms with E-state index >= 15 is 0 Å². The van der Waals surface area contributed by atoms with E-state index in [0.29, 0.717) is 37.4 Å². The van der Waals surface area contributed by atoms with Crippen LogP contribution in [0, 0.1) is 27.9 Å². The maximum absolute atomic E-state index is 13.8. The Labute approximate surface area is 249 Å². The van der Waals surface area contributed by atoms with Gasteiger partial charge in [0.05, 0.1) is 35.2 Å². The zero-order valence-electron chi connectivity index (χ0n) is 24.0. The van der Waals surface area contributed by atoms with Crippen molar-refractivity contribution in [2.75, 3.05) is 11.5 Å².